The summed E-state index contributed by atoms with van der Waals surface area (Å²) in [5.74, 6) is 0.496. The molecule has 4 nitrogen and oxygen atoms in total. The molecule has 1 heterocycles. The second kappa shape index (κ2) is 19.1. The molecule has 0 unspecified atom stereocenters. The quantitative estimate of drug-likeness (QED) is 0.272. The highest BCUT2D eigenvalue weighted by atomic mass is 32.1. The van der Waals surface area contributed by atoms with Gasteiger partial charge in [0.05, 0.1) is 5.69 Å². The van der Waals surface area contributed by atoms with Gasteiger partial charge in [0.1, 0.15) is 10.7 Å². The topological polar surface area (TPSA) is 53.2 Å². The third-order valence-corrected chi connectivity index (χ3v) is 5.87. The van der Waals surface area contributed by atoms with Crippen molar-refractivity contribution in [3.63, 3.8) is 0 Å². The normalized spacial score (nSPS) is 10.3. The molecule has 1 aromatic carbocycles. The zero-order valence-electron chi connectivity index (χ0n) is 24.6. The summed E-state index contributed by atoms with van der Waals surface area (Å²) in [6.45, 7) is 26.9. The van der Waals surface area contributed by atoms with E-state index in [2.05, 4.69) is 102 Å². The summed E-state index contributed by atoms with van der Waals surface area (Å²) in [4.78, 5) is 14.2. The van der Waals surface area contributed by atoms with Crippen molar-refractivity contribution in [2.75, 3.05) is 17.2 Å². The fourth-order valence-corrected chi connectivity index (χ4v) is 4.29. The summed E-state index contributed by atoms with van der Waals surface area (Å²) in [7, 11) is 0. The molecule has 37 heavy (non-hydrogen) atoms. The number of anilines is 2. The van der Waals surface area contributed by atoms with Gasteiger partial charge >= 0.3 is 0 Å². The van der Waals surface area contributed by atoms with E-state index in [1.54, 1.807) is 0 Å². The summed E-state index contributed by atoms with van der Waals surface area (Å²) in [6, 6.07) is 6.23. The minimum Gasteiger partial charge on any atom is -0.348 e. The second-order valence-corrected chi connectivity index (χ2v) is 10.2. The summed E-state index contributed by atoms with van der Waals surface area (Å²) in [6.07, 6.45) is 12.0. The van der Waals surface area contributed by atoms with Crippen LogP contribution in [0.2, 0.25) is 0 Å². The number of thiophene rings is 1. The van der Waals surface area contributed by atoms with E-state index in [1.165, 1.54) is 36.2 Å². The van der Waals surface area contributed by atoms with Gasteiger partial charge < -0.3 is 16.0 Å². The Bertz CT molecular complexity index is 1040. The molecule has 0 aliphatic rings. The second-order valence-electron chi connectivity index (χ2n) is 9.10. The number of unbranched alkanes of at least 4 members (excludes halogenated alkanes) is 1. The lowest BCUT2D eigenvalue weighted by Gasteiger charge is -2.17. The van der Waals surface area contributed by atoms with Gasteiger partial charge in [-0.05, 0) is 71.2 Å². The number of aryl methyl sites for hydroxylation is 3. The monoisotopic (exact) mass is 523 g/mol. The van der Waals surface area contributed by atoms with Crippen molar-refractivity contribution in [2.45, 2.75) is 81.6 Å². The molecule has 1 aromatic heterocycles. The van der Waals surface area contributed by atoms with Gasteiger partial charge in [-0.25, -0.2) is 0 Å². The van der Waals surface area contributed by atoms with E-state index in [-0.39, 0.29) is 5.91 Å². The number of benzene rings is 1. The van der Waals surface area contributed by atoms with E-state index in [1.807, 2.05) is 32.1 Å². The predicted octanol–water partition coefficient (Wildman–Crippen LogP) is 9.79. The van der Waals surface area contributed by atoms with Crippen LogP contribution in [0, 0.1) is 20.8 Å². The van der Waals surface area contributed by atoms with Gasteiger partial charge in [0.25, 0.3) is 5.91 Å². The third kappa shape index (κ3) is 13.7. The molecule has 0 atom stereocenters. The van der Waals surface area contributed by atoms with E-state index in [9.17, 15) is 4.79 Å². The summed E-state index contributed by atoms with van der Waals surface area (Å²) in [5.41, 5.74) is 6.20. The number of carbonyl (C=O) groups excluding carboxylic acids is 1. The minimum atomic E-state index is -0.123. The molecular weight excluding hydrogens is 474 g/mol. The standard InChI is InChI=1S/C23H29N3OS.C6H12.C3H8/c1-8-9-19-12-20(22(28-19)23(27)24-13-14(2)3)25-18(7)26-21-16(5)10-15(4)11-17(21)6;1-3-5-6-4-2;1-3-2/h8-12,25-26H,2,7,13H2,1,3-6H3,(H,24,27);3,5H,4,6H2,1-2H3;3H2,1-2H3/b9-8+;5-3-;. The Balaban J connectivity index is 0.00000124. The molecule has 0 spiro atoms. The summed E-state index contributed by atoms with van der Waals surface area (Å²) in [5, 5.41) is 9.51. The molecule has 0 saturated heterocycles. The van der Waals surface area contributed by atoms with Crippen LogP contribution in [0.5, 0.6) is 0 Å². The Kier molecular flexibility index (Phi) is 17.5. The summed E-state index contributed by atoms with van der Waals surface area (Å²) < 4.78 is 0. The lowest BCUT2D eigenvalue weighted by Crippen LogP contribution is -2.25. The Morgan fingerprint density at radius 3 is 2.03 bits per heavy atom. The molecule has 1 amide bonds. The van der Waals surface area contributed by atoms with Gasteiger partial charge in [-0.15, -0.1) is 11.3 Å². The largest absolute Gasteiger partial charge is 0.348 e. The van der Waals surface area contributed by atoms with E-state index in [4.69, 9.17) is 0 Å². The zero-order valence-corrected chi connectivity index (χ0v) is 25.4. The first-order chi connectivity index (χ1) is 17.5. The minimum absolute atomic E-state index is 0.123. The zero-order chi connectivity index (χ0) is 28.4. The van der Waals surface area contributed by atoms with Crippen LogP contribution in [0.4, 0.5) is 11.4 Å². The van der Waals surface area contributed by atoms with Crippen molar-refractivity contribution in [2.24, 2.45) is 0 Å². The summed E-state index contributed by atoms with van der Waals surface area (Å²) >= 11 is 1.44. The number of nitrogens with one attached hydrogen (secondary N) is 3. The average molecular weight is 524 g/mol. The first-order valence-electron chi connectivity index (χ1n) is 13.1. The lowest BCUT2D eigenvalue weighted by molar-refractivity contribution is 0.0962. The Morgan fingerprint density at radius 2 is 1.57 bits per heavy atom. The molecule has 0 aliphatic heterocycles. The number of hydrogen-bond donors (Lipinski definition) is 3. The van der Waals surface area contributed by atoms with Crippen LogP contribution in [0.15, 0.2) is 61.0 Å². The van der Waals surface area contributed by atoms with Crippen molar-refractivity contribution < 1.29 is 4.79 Å². The van der Waals surface area contributed by atoms with E-state index in [0.29, 0.717) is 17.2 Å². The van der Waals surface area contributed by atoms with Crippen LogP contribution >= 0.6 is 11.3 Å². The molecule has 2 rings (SSSR count). The van der Waals surface area contributed by atoms with Crippen molar-refractivity contribution >= 4 is 34.7 Å². The number of rotatable bonds is 10. The average Bonchev–Trinajstić information content (AvgIpc) is 3.21. The fourth-order valence-electron chi connectivity index (χ4n) is 3.28. The van der Waals surface area contributed by atoms with Crippen molar-refractivity contribution in [3.8, 4) is 0 Å². The predicted molar refractivity (Wildman–Crippen MR) is 169 cm³/mol. The Morgan fingerprint density at radius 1 is 0.973 bits per heavy atom. The molecule has 0 saturated carbocycles. The van der Waals surface area contributed by atoms with Crippen molar-refractivity contribution in [3.05, 3.63) is 87.4 Å². The van der Waals surface area contributed by atoms with Crippen LogP contribution < -0.4 is 16.0 Å². The molecule has 204 valence electrons. The highest BCUT2D eigenvalue weighted by Crippen LogP contribution is 2.30. The molecule has 0 fully saturated rings. The number of carbonyl (C=O) groups is 1. The molecule has 0 radical (unpaired) electrons. The molecule has 3 N–H and O–H groups in total. The first kappa shape index (κ1) is 34.0. The number of allylic oxidation sites excluding steroid dienone is 3. The SMILES string of the molecule is C/C=C\CCC.C=C(C)CNC(=O)c1sc(/C=C/C)cc1NC(=C)Nc1c(C)cc(C)cc1C.CCC. The Hall–Kier alpha value is -3.05. The highest BCUT2D eigenvalue weighted by molar-refractivity contribution is 7.15. The molecule has 5 heteroatoms. The smallest absolute Gasteiger partial charge is 0.263 e. The van der Waals surface area contributed by atoms with E-state index in [0.717, 1.165) is 33.0 Å². The van der Waals surface area contributed by atoms with Gasteiger partial charge in [0.15, 0.2) is 0 Å². The van der Waals surface area contributed by atoms with Crippen molar-refractivity contribution in [1.29, 1.82) is 0 Å². The van der Waals surface area contributed by atoms with Gasteiger partial charge in [0, 0.05) is 17.1 Å². The van der Waals surface area contributed by atoms with Crippen LogP contribution in [0.25, 0.3) is 6.08 Å². The van der Waals surface area contributed by atoms with Gasteiger partial charge in [-0.3, -0.25) is 4.79 Å². The Labute approximate surface area is 230 Å². The fraction of sp³-hybridized carbons (Fsp3) is 0.406. The maximum absolute atomic E-state index is 12.6. The number of hydrogen-bond acceptors (Lipinski definition) is 4. The molecular formula is C32H49N3OS. The molecule has 0 aliphatic carbocycles. The van der Waals surface area contributed by atoms with Gasteiger partial charge in [-0.1, -0.05) is 88.3 Å². The third-order valence-electron chi connectivity index (χ3n) is 4.77. The van der Waals surface area contributed by atoms with Crippen LogP contribution in [-0.4, -0.2) is 12.5 Å². The number of amides is 1. The maximum atomic E-state index is 12.6. The molecule has 2 aromatic rings. The molecule has 0 bridgehead atoms. The van der Waals surface area contributed by atoms with Gasteiger partial charge in [-0.2, -0.15) is 0 Å². The lowest BCUT2D eigenvalue weighted by atomic mass is 10.1. The van der Waals surface area contributed by atoms with Crippen LogP contribution in [0.3, 0.4) is 0 Å². The van der Waals surface area contributed by atoms with Gasteiger partial charge in [0.2, 0.25) is 0 Å². The maximum Gasteiger partial charge on any atom is 0.263 e. The van der Waals surface area contributed by atoms with Crippen LogP contribution in [0.1, 0.15) is 92.0 Å². The van der Waals surface area contributed by atoms with E-state index < -0.39 is 0 Å². The van der Waals surface area contributed by atoms with Crippen molar-refractivity contribution in [1.82, 2.24) is 5.32 Å². The first-order valence-corrected chi connectivity index (χ1v) is 14.0. The highest BCUT2D eigenvalue weighted by Gasteiger charge is 2.16. The van der Waals surface area contributed by atoms with E-state index >= 15 is 0 Å². The van der Waals surface area contributed by atoms with Crippen LogP contribution in [-0.2, 0) is 0 Å².